The number of benzene rings is 1. The fraction of sp³-hybridized carbons (Fsp3) is 0.364. The summed E-state index contributed by atoms with van der Waals surface area (Å²) in [5, 5.41) is 21.7. The standard InChI is InChI=1S/C11H14N2O4/c14-8-7-12-11(15)6-5-9-3-1-2-4-10(9)13(16)17/h1-4,14H,5-8H2,(H,12,15). The van der Waals surface area contributed by atoms with Gasteiger partial charge in [0.05, 0.1) is 11.5 Å². The summed E-state index contributed by atoms with van der Waals surface area (Å²) in [7, 11) is 0. The molecule has 0 fully saturated rings. The molecule has 1 aromatic carbocycles. The van der Waals surface area contributed by atoms with Crippen molar-refractivity contribution in [3.63, 3.8) is 0 Å². The van der Waals surface area contributed by atoms with Gasteiger partial charge in [-0.2, -0.15) is 0 Å². The molecule has 17 heavy (non-hydrogen) atoms. The number of carbonyl (C=O) groups excluding carboxylic acids is 1. The van der Waals surface area contributed by atoms with E-state index in [1.165, 1.54) is 6.07 Å². The highest BCUT2D eigenvalue weighted by molar-refractivity contribution is 5.76. The number of aliphatic hydroxyl groups excluding tert-OH is 1. The van der Waals surface area contributed by atoms with Crippen molar-refractivity contribution in [3.8, 4) is 0 Å². The molecular formula is C11H14N2O4. The number of amides is 1. The Labute approximate surface area is 98.4 Å². The third-order valence-electron chi connectivity index (χ3n) is 2.24. The molecule has 0 atom stereocenters. The van der Waals surface area contributed by atoms with Crippen LogP contribution in [-0.2, 0) is 11.2 Å². The van der Waals surface area contributed by atoms with Gasteiger partial charge in [-0.05, 0) is 6.42 Å². The van der Waals surface area contributed by atoms with Crippen LogP contribution in [0.5, 0.6) is 0 Å². The Morgan fingerprint density at radius 2 is 2.12 bits per heavy atom. The van der Waals surface area contributed by atoms with E-state index in [0.29, 0.717) is 12.0 Å². The molecule has 0 aliphatic carbocycles. The minimum atomic E-state index is -0.457. The maximum Gasteiger partial charge on any atom is 0.272 e. The number of nitro groups is 1. The lowest BCUT2D eigenvalue weighted by Gasteiger charge is -2.04. The lowest BCUT2D eigenvalue weighted by Crippen LogP contribution is -2.26. The maximum atomic E-state index is 11.3. The highest BCUT2D eigenvalue weighted by Crippen LogP contribution is 2.18. The summed E-state index contributed by atoms with van der Waals surface area (Å²) < 4.78 is 0. The number of aliphatic hydroxyl groups is 1. The molecule has 92 valence electrons. The zero-order valence-electron chi connectivity index (χ0n) is 9.26. The fourth-order valence-corrected chi connectivity index (χ4v) is 1.43. The van der Waals surface area contributed by atoms with E-state index >= 15 is 0 Å². The number of aryl methyl sites for hydroxylation is 1. The van der Waals surface area contributed by atoms with Gasteiger partial charge in [-0.3, -0.25) is 14.9 Å². The molecule has 0 spiro atoms. The smallest absolute Gasteiger partial charge is 0.272 e. The number of nitro benzene ring substituents is 1. The average Bonchev–Trinajstić information content (AvgIpc) is 2.34. The first-order valence-electron chi connectivity index (χ1n) is 5.25. The first-order chi connectivity index (χ1) is 8.15. The molecule has 0 heterocycles. The predicted molar refractivity (Wildman–Crippen MR) is 61.5 cm³/mol. The van der Waals surface area contributed by atoms with Crippen LogP contribution in [0.2, 0.25) is 0 Å². The summed E-state index contributed by atoms with van der Waals surface area (Å²) in [6.45, 7) is 0.0902. The van der Waals surface area contributed by atoms with Crippen LogP contribution in [0, 0.1) is 10.1 Å². The summed E-state index contributed by atoms with van der Waals surface area (Å²) in [4.78, 5) is 21.5. The van der Waals surface area contributed by atoms with Crippen molar-refractivity contribution in [2.75, 3.05) is 13.2 Å². The molecule has 0 radical (unpaired) electrons. The lowest BCUT2D eigenvalue weighted by atomic mass is 10.1. The van der Waals surface area contributed by atoms with Crippen LogP contribution in [-0.4, -0.2) is 29.1 Å². The van der Waals surface area contributed by atoms with Crippen molar-refractivity contribution in [2.24, 2.45) is 0 Å². The summed E-state index contributed by atoms with van der Waals surface area (Å²) in [5.74, 6) is -0.225. The molecule has 0 aliphatic rings. The van der Waals surface area contributed by atoms with E-state index in [4.69, 9.17) is 5.11 Å². The summed E-state index contributed by atoms with van der Waals surface area (Å²) in [5.41, 5.74) is 0.569. The molecule has 1 rings (SSSR count). The van der Waals surface area contributed by atoms with Crippen LogP contribution < -0.4 is 5.32 Å². The molecule has 0 unspecified atom stereocenters. The van der Waals surface area contributed by atoms with Crippen LogP contribution in [0.25, 0.3) is 0 Å². The molecule has 2 N–H and O–H groups in total. The second-order valence-corrected chi connectivity index (χ2v) is 3.46. The van der Waals surface area contributed by atoms with Gasteiger partial charge in [0.25, 0.3) is 5.69 Å². The average molecular weight is 238 g/mol. The molecule has 0 saturated carbocycles. The molecule has 6 nitrogen and oxygen atoms in total. The largest absolute Gasteiger partial charge is 0.395 e. The third-order valence-corrected chi connectivity index (χ3v) is 2.24. The van der Waals surface area contributed by atoms with Gasteiger partial charge in [-0.1, -0.05) is 18.2 Å². The first kappa shape index (κ1) is 13.1. The quantitative estimate of drug-likeness (QED) is 0.561. The second kappa shape index (κ2) is 6.59. The van der Waals surface area contributed by atoms with E-state index in [0.717, 1.165) is 0 Å². The summed E-state index contributed by atoms with van der Waals surface area (Å²) in [6, 6.07) is 6.35. The number of nitrogens with one attached hydrogen (secondary N) is 1. The van der Waals surface area contributed by atoms with E-state index < -0.39 is 4.92 Å². The summed E-state index contributed by atoms with van der Waals surface area (Å²) >= 11 is 0. The van der Waals surface area contributed by atoms with E-state index in [2.05, 4.69) is 5.32 Å². The Morgan fingerprint density at radius 3 is 2.76 bits per heavy atom. The van der Waals surface area contributed by atoms with Crippen molar-refractivity contribution < 1.29 is 14.8 Å². The van der Waals surface area contributed by atoms with Crippen LogP contribution in [0.4, 0.5) is 5.69 Å². The Bertz CT molecular complexity index is 406. The van der Waals surface area contributed by atoms with Gasteiger partial charge in [0.15, 0.2) is 0 Å². The molecular weight excluding hydrogens is 224 g/mol. The van der Waals surface area contributed by atoms with Gasteiger partial charge in [0, 0.05) is 24.6 Å². The minimum Gasteiger partial charge on any atom is -0.395 e. The molecule has 0 aromatic heterocycles. The van der Waals surface area contributed by atoms with Crippen molar-refractivity contribution in [2.45, 2.75) is 12.8 Å². The van der Waals surface area contributed by atoms with Crippen LogP contribution in [0.3, 0.4) is 0 Å². The molecule has 1 aromatic rings. The molecule has 6 heteroatoms. The minimum absolute atomic E-state index is 0.0301. The lowest BCUT2D eigenvalue weighted by molar-refractivity contribution is -0.385. The normalized spacial score (nSPS) is 9.94. The van der Waals surface area contributed by atoms with Gasteiger partial charge in [0.1, 0.15) is 0 Å². The number of nitrogens with zero attached hydrogens (tertiary/aromatic N) is 1. The Hall–Kier alpha value is -1.95. The number of para-hydroxylation sites is 1. The van der Waals surface area contributed by atoms with E-state index in [1.54, 1.807) is 18.2 Å². The molecule has 0 saturated heterocycles. The molecule has 0 aliphatic heterocycles. The van der Waals surface area contributed by atoms with Crippen LogP contribution in [0.15, 0.2) is 24.3 Å². The van der Waals surface area contributed by atoms with Gasteiger partial charge in [0.2, 0.25) is 5.91 Å². The number of hydrogen-bond donors (Lipinski definition) is 2. The number of hydrogen-bond acceptors (Lipinski definition) is 4. The highest BCUT2D eigenvalue weighted by Gasteiger charge is 2.13. The van der Waals surface area contributed by atoms with E-state index in [9.17, 15) is 14.9 Å². The topological polar surface area (TPSA) is 92.5 Å². The van der Waals surface area contributed by atoms with Crippen LogP contribution >= 0.6 is 0 Å². The Balaban J connectivity index is 2.57. The zero-order chi connectivity index (χ0) is 12.7. The van der Waals surface area contributed by atoms with Crippen molar-refractivity contribution in [3.05, 3.63) is 39.9 Å². The predicted octanol–water partition coefficient (Wildman–Crippen LogP) is 0.636. The van der Waals surface area contributed by atoms with Crippen molar-refractivity contribution in [1.82, 2.24) is 5.32 Å². The molecule has 1 amide bonds. The Morgan fingerprint density at radius 1 is 1.41 bits per heavy atom. The maximum absolute atomic E-state index is 11.3. The van der Waals surface area contributed by atoms with E-state index in [-0.39, 0.29) is 31.2 Å². The highest BCUT2D eigenvalue weighted by atomic mass is 16.6. The van der Waals surface area contributed by atoms with Gasteiger partial charge in [-0.15, -0.1) is 0 Å². The van der Waals surface area contributed by atoms with Crippen molar-refractivity contribution >= 4 is 11.6 Å². The SMILES string of the molecule is O=C(CCc1ccccc1[N+](=O)[O-])NCCO. The van der Waals surface area contributed by atoms with E-state index in [1.807, 2.05) is 0 Å². The van der Waals surface area contributed by atoms with Gasteiger partial charge >= 0.3 is 0 Å². The summed E-state index contributed by atoms with van der Waals surface area (Å²) in [6.07, 6.45) is 0.485. The monoisotopic (exact) mass is 238 g/mol. The van der Waals surface area contributed by atoms with Gasteiger partial charge < -0.3 is 10.4 Å². The fourth-order valence-electron chi connectivity index (χ4n) is 1.43. The second-order valence-electron chi connectivity index (χ2n) is 3.46. The first-order valence-corrected chi connectivity index (χ1v) is 5.25. The number of carbonyl (C=O) groups is 1. The Kier molecular flexibility index (Phi) is 5.09. The van der Waals surface area contributed by atoms with Crippen molar-refractivity contribution in [1.29, 1.82) is 0 Å². The molecule has 0 bridgehead atoms. The van der Waals surface area contributed by atoms with Gasteiger partial charge in [-0.25, -0.2) is 0 Å². The zero-order valence-corrected chi connectivity index (χ0v) is 9.26. The third kappa shape index (κ3) is 4.20. The number of rotatable bonds is 6. The van der Waals surface area contributed by atoms with Crippen LogP contribution in [0.1, 0.15) is 12.0 Å².